The summed E-state index contributed by atoms with van der Waals surface area (Å²) in [6.07, 6.45) is 7.97. The fourth-order valence-corrected chi connectivity index (χ4v) is 2.56. The number of carbonyl (C=O) groups is 2. The van der Waals surface area contributed by atoms with Gasteiger partial charge in [-0.25, -0.2) is 10.5 Å². The molecule has 3 N–H and O–H groups in total. The molecule has 136 valence electrons. The summed E-state index contributed by atoms with van der Waals surface area (Å²) in [7, 11) is 0. The van der Waals surface area contributed by atoms with Gasteiger partial charge in [-0.2, -0.15) is 0 Å². The van der Waals surface area contributed by atoms with E-state index in [-0.39, 0.29) is 5.91 Å². The Kier molecular flexibility index (Phi) is 5.76. The molecule has 1 aromatic heterocycles. The Morgan fingerprint density at radius 3 is 2.78 bits per heavy atom. The van der Waals surface area contributed by atoms with Crippen molar-refractivity contribution in [2.75, 3.05) is 5.32 Å². The van der Waals surface area contributed by atoms with Crippen molar-refractivity contribution < 1.29 is 14.8 Å². The van der Waals surface area contributed by atoms with E-state index in [0.29, 0.717) is 23.4 Å². The van der Waals surface area contributed by atoms with E-state index in [1.54, 1.807) is 42.9 Å². The van der Waals surface area contributed by atoms with Crippen molar-refractivity contribution in [3.8, 4) is 0 Å². The van der Waals surface area contributed by atoms with Gasteiger partial charge in [0.25, 0.3) is 11.8 Å². The molecule has 0 aliphatic rings. The molecule has 0 aliphatic carbocycles. The highest BCUT2D eigenvalue weighted by molar-refractivity contribution is 6.05. The maximum absolute atomic E-state index is 12.6. The van der Waals surface area contributed by atoms with E-state index in [9.17, 15) is 9.59 Å². The van der Waals surface area contributed by atoms with Gasteiger partial charge in [-0.1, -0.05) is 30.3 Å². The second kappa shape index (κ2) is 8.59. The number of aromatic nitrogens is 2. The second-order valence-corrected chi connectivity index (χ2v) is 5.79. The molecule has 0 aliphatic heterocycles. The standard InChI is InChI=1S/C20H18N4O3/c25-19(23-27)9-8-16-5-1-2-7-18(16)22-20(26)17-6-3-4-15(12-17)13-24-11-10-21-14-24/h1-12,14,27H,13H2,(H,22,26)(H,23,25)/b9-8+. The van der Waals surface area contributed by atoms with Gasteiger partial charge < -0.3 is 9.88 Å². The average molecular weight is 362 g/mol. The smallest absolute Gasteiger partial charge is 0.267 e. The monoisotopic (exact) mass is 362 g/mol. The Balaban J connectivity index is 1.76. The third-order valence-corrected chi connectivity index (χ3v) is 3.85. The molecule has 1 heterocycles. The predicted octanol–water partition coefficient (Wildman–Crippen LogP) is 2.70. The fraction of sp³-hybridized carbons (Fsp3) is 0.0500. The molecule has 0 saturated heterocycles. The van der Waals surface area contributed by atoms with Crippen LogP contribution in [-0.2, 0) is 11.3 Å². The zero-order valence-corrected chi connectivity index (χ0v) is 14.4. The number of para-hydroxylation sites is 1. The van der Waals surface area contributed by atoms with E-state index in [2.05, 4.69) is 10.3 Å². The van der Waals surface area contributed by atoms with Crippen LogP contribution in [0, 0.1) is 0 Å². The van der Waals surface area contributed by atoms with E-state index in [0.717, 1.165) is 5.56 Å². The first-order chi connectivity index (χ1) is 13.2. The number of benzene rings is 2. The van der Waals surface area contributed by atoms with Crippen molar-refractivity contribution in [3.63, 3.8) is 0 Å². The molecule has 0 atom stereocenters. The first-order valence-corrected chi connectivity index (χ1v) is 8.23. The van der Waals surface area contributed by atoms with E-state index >= 15 is 0 Å². The van der Waals surface area contributed by atoms with Gasteiger partial charge in [-0.3, -0.25) is 14.8 Å². The summed E-state index contributed by atoms with van der Waals surface area (Å²) in [6.45, 7) is 0.622. The molecule has 7 heteroatoms. The van der Waals surface area contributed by atoms with Crippen LogP contribution in [0.3, 0.4) is 0 Å². The zero-order chi connectivity index (χ0) is 19.1. The highest BCUT2D eigenvalue weighted by Gasteiger charge is 2.09. The van der Waals surface area contributed by atoms with Gasteiger partial charge in [0, 0.05) is 36.3 Å². The Bertz CT molecular complexity index is 965. The lowest BCUT2D eigenvalue weighted by atomic mass is 10.1. The first kappa shape index (κ1) is 18.1. The van der Waals surface area contributed by atoms with Crippen LogP contribution in [-0.4, -0.2) is 26.6 Å². The van der Waals surface area contributed by atoms with Crippen LogP contribution < -0.4 is 10.8 Å². The van der Waals surface area contributed by atoms with E-state index < -0.39 is 5.91 Å². The second-order valence-electron chi connectivity index (χ2n) is 5.79. The Labute approximate surface area is 155 Å². The highest BCUT2D eigenvalue weighted by Crippen LogP contribution is 2.18. The molecule has 0 spiro atoms. The van der Waals surface area contributed by atoms with Crippen LogP contribution >= 0.6 is 0 Å². The summed E-state index contributed by atoms with van der Waals surface area (Å²) in [6, 6.07) is 14.4. The van der Waals surface area contributed by atoms with Crippen LogP contribution in [0.1, 0.15) is 21.5 Å². The number of nitrogens with zero attached hydrogens (tertiary/aromatic N) is 2. The maximum atomic E-state index is 12.6. The van der Waals surface area contributed by atoms with Gasteiger partial charge in [0.15, 0.2) is 0 Å². The lowest BCUT2D eigenvalue weighted by molar-refractivity contribution is -0.124. The van der Waals surface area contributed by atoms with E-state index in [4.69, 9.17) is 5.21 Å². The molecule has 3 rings (SSSR count). The number of carbonyl (C=O) groups excluding carboxylic acids is 2. The SMILES string of the molecule is O=C(/C=C/c1ccccc1NC(=O)c1cccc(Cn2ccnc2)c1)NO. The summed E-state index contributed by atoms with van der Waals surface area (Å²) in [4.78, 5) is 27.8. The molecule has 0 fully saturated rings. The van der Waals surface area contributed by atoms with Gasteiger partial charge in [0.05, 0.1) is 6.33 Å². The van der Waals surface area contributed by atoms with Crippen molar-refractivity contribution in [2.45, 2.75) is 6.54 Å². The number of hydroxylamine groups is 1. The molecule has 2 aromatic carbocycles. The summed E-state index contributed by atoms with van der Waals surface area (Å²) in [5, 5.41) is 11.4. The quantitative estimate of drug-likeness (QED) is 0.357. The Morgan fingerprint density at radius 1 is 1.15 bits per heavy atom. The molecule has 3 aromatic rings. The van der Waals surface area contributed by atoms with Gasteiger partial charge in [-0.05, 0) is 35.4 Å². The van der Waals surface area contributed by atoms with Gasteiger partial charge in [0.1, 0.15) is 0 Å². The number of nitrogens with one attached hydrogen (secondary N) is 2. The molecule has 0 saturated carbocycles. The summed E-state index contributed by atoms with van der Waals surface area (Å²) >= 11 is 0. The van der Waals surface area contributed by atoms with Gasteiger partial charge in [-0.15, -0.1) is 0 Å². The summed E-state index contributed by atoms with van der Waals surface area (Å²) in [5.74, 6) is -0.904. The lowest BCUT2D eigenvalue weighted by Gasteiger charge is -2.10. The molecule has 0 radical (unpaired) electrons. The Hall–Kier alpha value is -3.71. The van der Waals surface area contributed by atoms with Crippen LogP contribution in [0.25, 0.3) is 6.08 Å². The fourth-order valence-electron chi connectivity index (χ4n) is 2.56. The lowest BCUT2D eigenvalue weighted by Crippen LogP contribution is -2.15. The van der Waals surface area contributed by atoms with Gasteiger partial charge >= 0.3 is 0 Å². The minimum Gasteiger partial charge on any atom is -0.333 e. The molecular formula is C20H18N4O3. The van der Waals surface area contributed by atoms with Crippen molar-refractivity contribution in [1.82, 2.24) is 15.0 Å². The van der Waals surface area contributed by atoms with E-state index in [1.165, 1.54) is 17.6 Å². The largest absolute Gasteiger partial charge is 0.333 e. The van der Waals surface area contributed by atoms with Crippen molar-refractivity contribution in [3.05, 3.63) is 90.0 Å². The number of anilines is 1. The summed E-state index contributed by atoms with van der Waals surface area (Å²) in [5.41, 5.74) is 4.24. The number of hydrogen-bond donors (Lipinski definition) is 3. The van der Waals surface area contributed by atoms with Crippen molar-refractivity contribution in [1.29, 1.82) is 0 Å². The zero-order valence-electron chi connectivity index (χ0n) is 14.4. The molecule has 7 nitrogen and oxygen atoms in total. The number of amides is 2. The summed E-state index contributed by atoms with van der Waals surface area (Å²) < 4.78 is 1.92. The third-order valence-electron chi connectivity index (χ3n) is 3.85. The van der Waals surface area contributed by atoms with Crippen molar-refractivity contribution in [2.24, 2.45) is 0 Å². The topological polar surface area (TPSA) is 96.2 Å². The number of hydrogen-bond acceptors (Lipinski definition) is 4. The first-order valence-electron chi connectivity index (χ1n) is 8.23. The maximum Gasteiger partial charge on any atom is 0.267 e. The Morgan fingerprint density at radius 2 is 2.00 bits per heavy atom. The molecule has 2 amide bonds. The predicted molar refractivity (Wildman–Crippen MR) is 101 cm³/mol. The van der Waals surface area contributed by atoms with Gasteiger partial charge in [0.2, 0.25) is 0 Å². The minimum absolute atomic E-state index is 0.255. The van der Waals surface area contributed by atoms with Crippen LogP contribution in [0.5, 0.6) is 0 Å². The number of imidazole rings is 1. The average Bonchev–Trinajstić information content (AvgIpc) is 3.20. The molecular weight excluding hydrogens is 344 g/mol. The van der Waals surface area contributed by atoms with Crippen LogP contribution in [0.4, 0.5) is 5.69 Å². The van der Waals surface area contributed by atoms with Crippen LogP contribution in [0.15, 0.2) is 73.3 Å². The molecule has 0 bridgehead atoms. The molecule has 0 unspecified atom stereocenters. The van der Waals surface area contributed by atoms with E-state index in [1.807, 2.05) is 29.0 Å². The normalized spacial score (nSPS) is 10.7. The van der Waals surface area contributed by atoms with Crippen LogP contribution in [0.2, 0.25) is 0 Å². The molecule has 27 heavy (non-hydrogen) atoms. The highest BCUT2D eigenvalue weighted by atomic mass is 16.5. The van der Waals surface area contributed by atoms with Crippen molar-refractivity contribution >= 4 is 23.6 Å². The number of rotatable bonds is 6. The third kappa shape index (κ3) is 4.90. The minimum atomic E-state index is -0.650.